The average Bonchev–Trinajstić information content (AvgIpc) is 2.60. The van der Waals surface area contributed by atoms with Gasteiger partial charge in [-0.1, -0.05) is 24.3 Å². The van der Waals surface area contributed by atoms with E-state index in [1.54, 1.807) is 50.4 Å². The monoisotopic (exact) mass is 462 g/mol. The lowest BCUT2D eigenvalue weighted by molar-refractivity contribution is -0.122. The van der Waals surface area contributed by atoms with Crippen molar-refractivity contribution in [1.29, 1.82) is 0 Å². The van der Waals surface area contributed by atoms with Gasteiger partial charge in [-0.2, -0.15) is 0 Å². The zero-order valence-corrected chi connectivity index (χ0v) is 16.2. The van der Waals surface area contributed by atoms with Crippen molar-refractivity contribution >= 4 is 52.2 Å². The summed E-state index contributed by atoms with van der Waals surface area (Å²) in [4.78, 5) is 38.3. The largest absolute Gasteiger partial charge is 0.496 e. The molecule has 1 aliphatic rings. The molecule has 7 heteroatoms. The molecular formula is C19H15IN2O4. The lowest BCUT2D eigenvalue weighted by Crippen LogP contribution is -2.54. The Kier molecular flexibility index (Phi) is 5.08. The van der Waals surface area contributed by atoms with Crippen molar-refractivity contribution in [2.45, 2.75) is 6.92 Å². The van der Waals surface area contributed by atoms with Crippen LogP contribution in [0.3, 0.4) is 0 Å². The number of hydrogen-bond donors (Lipinski definition) is 1. The maximum Gasteiger partial charge on any atom is 0.335 e. The normalized spacial score (nSPS) is 16.0. The van der Waals surface area contributed by atoms with Crippen molar-refractivity contribution in [2.24, 2.45) is 0 Å². The van der Waals surface area contributed by atoms with Crippen molar-refractivity contribution < 1.29 is 19.1 Å². The number of methoxy groups -OCH3 is 1. The van der Waals surface area contributed by atoms with E-state index < -0.39 is 17.8 Å². The summed E-state index contributed by atoms with van der Waals surface area (Å²) in [5.41, 5.74) is 1.75. The van der Waals surface area contributed by atoms with Crippen LogP contribution < -0.4 is 15.0 Å². The zero-order valence-electron chi connectivity index (χ0n) is 14.1. The van der Waals surface area contributed by atoms with Crippen molar-refractivity contribution in [2.75, 3.05) is 12.0 Å². The number of rotatable bonds is 3. The SMILES string of the molecule is COc1ccc(/C=C2\C(=O)NC(=O)N(c3ccccc3C)C2=O)cc1I. The number of nitrogens with one attached hydrogen (secondary N) is 1. The van der Waals surface area contributed by atoms with Crippen LogP contribution >= 0.6 is 22.6 Å². The molecule has 2 aromatic carbocycles. The van der Waals surface area contributed by atoms with Gasteiger partial charge in [-0.15, -0.1) is 0 Å². The second-order valence-corrected chi connectivity index (χ2v) is 6.80. The minimum atomic E-state index is -0.754. The number of aryl methyl sites for hydroxylation is 1. The fourth-order valence-corrected chi connectivity index (χ4v) is 3.39. The number of benzene rings is 2. The van der Waals surface area contributed by atoms with Gasteiger partial charge in [-0.25, -0.2) is 9.69 Å². The first-order valence-corrected chi connectivity index (χ1v) is 8.81. The van der Waals surface area contributed by atoms with Crippen LogP contribution in [0, 0.1) is 10.5 Å². The number of urea groups is 1. The third-order valence-corrected chi connectivity index (χ3v) is 4.79. The van der Waals surface area contributed by atoms with Crippen LogP contribution in [0.25, 0.3) is 6.08 Å². The minimum Gasteiger partial charge on any atom is -0.496 e. The van der Waals surface area contributed by atoms with Gasteiger partial charge in [0, 0.05) is 0 Å². The van der Waals surface area contributed by atoms with E-state index in [0.717, 1.165) is 14.0 Å². The molecule has 6 nitrogen and oxygen atoms in total. The number of para-hydroxylation sites is 1. The quantitative estimate of drug-likeness (QED) is 0.432. The summed E-state index contributed by atoms with van der Waals surface area (Å²) in [5, 5.41) is 2.23. The van der Waals surface area contributed by atoms with Crippen molar-refractivity contribution in [3.63, 3.8) is 0 Å². The smallest absolute Gasteiger partial charge is 0.335 e. The predicted octanol–water partition coefficient (Wildman–Crippen LogP) is 3.27. The Labute approximate surface area is 164 Å². The number of nitrogens with zero attached hydrogens (tertiary/aromatic N) is 1. The standard InChI is InChI=1S/C19H15IN2O4/c1-11-5-3-4-6-15(11)22-18(24)13(17(23)21-19(22)25)9-12-7-8-16(26-2)14(20)10-12/h3-10H,1-2H3,(H,21,23,25)/b13-9+. The molecule has 132 valence electrons. The van der Waals surface area contributed by atoms with E-state index in [-0.39, 0.29) is 5.57 Å². The molecule has 0 spiro atoms. The summed E-state index contributed by atoms with van der Waals surface area (Å²) in [5.74, 6) is -0.668. The van der Waals surface area contributed by atoms with Crippen LogP contribution in [0.4, 0.5) is 10.5 Å². The number of halogens is 1. The second-order valence-electron chi connectivity index (χ2n) is 5.64. The highest BCUT2D eigenvalue weighted by Crippen LogP contribution is 2.26. The lowest BCUT2D eigenvalue weighted by atomic mass is 10.1. The molecule has 1 heterocycles. The lowest BCUT2D eigenvalue weighted by Gasteiger charge is -2.27. The highest BCUT2D eigenvalue weighted by Gasteiger charge is 2.37. The molecule has 1 N–H and O–H groups in total. The molecule has 2 aromatic rings. The van der Waals surface area contributed by atoms with E-state index in [9.17, 15) is 14.4 Å². The van der Waals surface area contributed by atoms with Gasteiger partial charge in [0.05, 0.1) is 16.4 Å². The number of ether oxygens (including phenoxy) is 1. The number of carbonyl (C=O) groups is 3. The molecule has 0 saturated carbocycles. The number of anilines is 1. The van der Waals surface area contributed by atoms with Gasteiger partial charge in [0.2, 0.25) is 0 Å². The van der Waals surface area contributed by atoms with E-state index in [1.165, 1.54) is 6.08 Å². The Bertz CT molecular complexity index is 952. The van der Waals surface area contributed by atoms with Gasteiger partial charge in [0.1, 0.15) is 11.3 Å². The summed E-state index contributed by atoms with van der Waals surface area (Å²) in [6.07, 6.45) is 1.47. The number of amides is 4. The van der Waals surface area contributed by atoms with Gasteiger partial charge in [0.15, 0.2) is 0 Å². The maximum absolute atomic E-state index is 12.9. The summed E-state index contributed by atoms with van der Waals surface area (Å²) in [6, 6.07) is 11.5. The molecule has 0 radical (unpaired) electrons. The summed E-state index contributed by atoms with van der Waals surface area (Å²) < 4.78 is 6.05. The number of hydrogen-bond acceptors (Lipinski definition) is 4. The van der Waals surface area contributed by atoms with E-state index in [1.807, 2.05) is 6.07 Å². The first kappa shape index (κ1) is 18.1. The van der Waals surface area contributed by atoms with Crippen LogP contribution in [-0.2, 0) is 9.59 Å². The Morgan fingerprint density at radius 2 is 1.85 bits per heavy atom. The Morgan fingerprint density at radius 1 is 1.12 bits per heavy atom. The van der Waals surface area contributed by atoms with Crippen LogP contribution in [0.15, 0.2) is 48.0 Å². The molecule has 0 aromatic heterocycles. The fraction of sp³-hybridized carbons (Fsp3) is 0.105. The topological polar surface area (TPSA) is 75.7 Å². The number of carbonyl (C=O) groups excluding carboxylic acids is 3. The van der Waals surface area contributed by atoms with Crippen molar-refractivity contribution in [3.05, 3.63) is 62.7 Å². The Morgan fingerprint density at radius 3 is 2.50 bits per heavy atom. The van der Waals surface area contributed by atoms with Crippen LogP contribution in [0.2, 0.25) is 0 Å². The molecule has 0 atom stereocenters. The van der Waals surface area contributed by atoms with Gasteiger partial charge in [-0.3, -0.25) is 14.9 Å². The Hall–Kier alpha value is -2.68. The highest BCUT2D eigenvalue weighted by atomic mass is 127. The van der Waals surface area contributed by atoms with Gasteiger partial charge in [0.25, 0.3) is 11.8 Å². The number of barbiturate groups is 1. The van der Waals surface area contributed by atoms with Crippen LogP contribution in [0.5, 0.6) is 5.75 Å². The molecule has 26 heavy (non-hydrogen) atoms. The van der Waals surface area contributed by atoms with Gasteiger partial charge in [-0.05, 0) is 64.9 Å². The molecule has 0 unspecified atom stereocenters. The first-order valence-electron chi connectivity index (χ1n) is 7.73. The molecular weight excluding hydrogens is 447 g/mol. The molecule has 1 aliphatic heterocycles. The summed E-state index contributed by atoms with van der Waals surface area (Å²) in [7, 11) is 1.57. The third kappa shape index (κ3) is 3.34. The number of imide groups is 2. The average molecular weight is 462 g/mol. The van der Waals surface area contributed by atoms with Gasteiger partial charge >= 0.3 is 6.03 Å². The molecule has 4 amide bonds. The van der Waals surface area contributed by atoms with E-state index in [2.05, 4.69) is 27.9 Å². The predicted molar refractivity (Wildman–Crippen MR) is 106 cm³/mol. The summed E-state index contributed by atoms with van der Waals surface area (Å²) in [6.45, 7) is 1.79. The molecule has 3 rings (SSSR count). The fourth-order valence-electron chi connectivity index (χ4n) is 2.63. The highest BCUT2D eigenvalue weighted by molar-refractivity contribution is 14.1. The second kappa shape index (κ2) is 7.28. The minimum absolute atomic E-state index is 0.103. The van der Waals surface area contributed by atoms with Crippen LogP contribution in [0.1, 0.15) is 11.1 Å². The van der Waals surface area contributed by atoms with E-state index in [0.29, 0.717) is 17.0 Å². The van der Waals surface area contributed by atoms with E-state index >= 15 is 0 Å². The summed E-state index contributed by atoms with van der Waals surface area (Å²) >= 11 is 2.11. The third-order valence-electron chi connectivity index (χ3n) is 3.94. The molecule has 0 aliphatic carbocycles. The van der Waals surface area contributed by atoms with Crippen molar-refractivity contribution in [3.8, 4) is 5.75 Å². The van der Waals surface area contributed by atoms with Gasteiger partial charge < -0.3 is 4.74 Å². The van der Waals surface area contributed by atoms with Crippen LogP contribution in [-0.4, -0.2) is 25.0 Å². The molecule has 1 fully saturated rings. The molecule has 1 saturated heterocycles. The Balaban J connectivity index is 2.03. The molecule has 0 bridgehead atoms. The van der Waals surface area contributed by atoms with Crippen molar-refractivity contribution in [1.82, 2.24) is 5.32 Å². The van der Waals surface area contributed by atoms with E-state index in [4.69, 9.17) is 4.74 Å². The maximum atomic E-state index is 12.9. The first-order chi connectivity index (χ1) is 12.4. The zero-order chi connectivity index (χ0) is 18.8.